The summed E-state index contributed by atoms with van der Waals surface area (Å²) in [4.78, 5) is 39.0. The molecule has 4 rings (SSSR count). The van der Waals surface area contributed by atoms with Crippen molar-refractivity contribution in [3.63, 3.8) is 0 Å². The van der Waals surface area contributed by atoms with Gasteiger partial charge in [0.25, 0.3) is 0 Å². The van der Waals surface area contributed by atoms with Crippen LogP contribution in [-0.4, -0.2) is 29.6 Å². The summed E-state index contributed by atoms with van der Waals surface area (Å²) in [5.41, 5.74) is 1.62. The number of carbonyl (C=O) groups is 3. The lowest BCUT2D eigenvalue weighted by atomic mass is 9.72. The molecule has 6 nitrogen and oxygen atoms in total. The van der Waals surface area contributed by atoms with Crippen molar-refractivity contribution < 1.29 is 24.2 Å². The van der Waals surface area contributed by atoms with Gasteiger partial charge >= 0.3 is 11.9 Å². The molecule has 3 aliphatic rings. The molecule has 1 heterocycles. The first-order valence-corrected chi connectivity index (χ1v) is 12.0. The lowest BCUT2D eigenvalue weighted by molar-refractivity contribution is -0.146. The van der Waals surface area contributed by atoms with Gasteiger partial charge in [0.05, 0.1) is 24.0 Å². The zero-order chi connectivity index (χ0) is 22.5. The van der Waals surface area contributed by atoms with Gasteiger partial charge in [0, 0.05) is 4.88 Å². The number of ether oxygens (including phenoxy) is 1. The van der Waals surface area contributed by atoms with E-state index in [1.54, 1.807) is 6.92 Å². The van der Waals surface area contributed by atoms with E-state index in [1.807, 2.05) is 12.2 Å². The number of rotatable bonds is 5. The molecule has 1 amide bonds. The predicted octanol–water partition coefficient (Wildman–Crippen LogP) is 4.54. The quantitative estimate of drug-likeness (QED) is 0.513. The fourth-order valence-electron chi connectivity index (χ4n) is 5.54. The number of aliphatic carboxylic acids is 1. The van der Waals surface area contributed by atoms with Crippen LogP contribution in [0.4, 0.5) is 5.00 Å². The van der Waals surface area contributed by atoms with Gasteiger partial charge in [-0.25, -0.2) is 4.79 Å². The SMILES string of the molecule is CCOC(=O)c1c(NC(=O)[C@H]2[C@H](C(=O)O)[C@H]3C=C[C@H]2C3)sc2c1CC[C@@H](C(C)(C)C)C2. The first-order valence-electron chi connectivity index (χ1n) is 11.2. The molecular weight excluding hydrogens is 414 g/mol. The number of fused-ring (bicyclic) bond motifs is 3. The van der Waals surface area contributed by atoms with E-state index in [1.165, 1.54) is 11.3 Å². The van der Waals surface area contributed by atoms with Gasteiger partial charge in [-0.2, -0.15) is 0 Å². The highest BCUT2D eigenvalue weighted by atomic mass is 32.1. The summed E-state index contributed by atoms with van der Waals surface area (Å²) in [7, 11) is 0. The number of carbonyl (C=O) groups excluding carboxylic acids is 2. The van der Waals surface area contributed by atoms with E-state index in [-0.39, 0.29) is 29.8 Å². The molecule has 2 bridgehead atoms. The molecule has 1 fully saturated rings. The van der Waals surface area contributed by atoms with E-state index in [9.17, 15) is 19.5 Å². The van der Waals surface area contributed by atoms with Gasteiger partial charge in [-0.15, -0.1) is 11.3 Å². The summed E-state index contributed by atoms with van der Waals surface area (Å²) in [5.74, 6) is -2.60. The fraction of sp³-hybridized carbons (Fsp3) is 0.625. The van der Waals surface area contributed by atoms with Gasteiger partial charge in [0.2, 0.25) is 5.91 Å². The maximum absolute atomic E-state index is 13.2. The Labute approximate surface area is 187 Å². The van der Waals surface area contributed by atoms with E-state index < -0.39 is 23.8 Å². The Morgan fingerprint density at radius 2 is 1.87 bits per heavy atom. The molecule has 7 heteroatoms. The standard InChI is InChI=1S/C24H31NO5S/c1-5-30-23(29)19-15-9-8-14(24(2,3)4)11-16(15)31-21(19)25-20(26)17-12-6-7-13(10-12)18(17)22(27)28/h6-7,12-14,17-18H,5,8-11H2,1-4H3,(H,25,26)(H,27,28)/t12-,13-,14+,17+,18+/m0/s1. The summed E-state index contributed by atoms with van der Waals surface area (Å²) in [6.45, 7) is 8.74. The lowest BCUT2D eigenvalue weighted by Gasteiger charge is -2.33. The third-order valence-electron chi connectivity index (χ3n) is 7.25. The maximum atomic E-state index is 13.2. The van der Waals surface area contributed by atoms with E-state index in [4.69, 9.17) is 4.74 Å². The Morgan fingerprint density at radius 3 is 2.48 bits per heavy atom. The number of carboxylic acid groups (broad SMARTS) is 1. The van der Waals surface area contributed by atoms with Crippen molar-refractivity contribution in [2.45, 2.75) is 53.4 Å². The van der Waals surface area contributed by atoms with Crippen molar-refractivity contribution in [2.75, 3.05) is 11.9 Å². The van der Waals surface area contributed by atoms with Crippen molar-refractivity contribution >= 4 is 34.2 Å². The van der Waals surface area contributed by atoms with Gasteiger partial charge in [0.1, 0.15) is 5.00 Å². The van der Waals surface area contributed by atoms with E-state index in [0.717, 1.165) is 29.7 Å². The minimum atomic E-state index is -0.930. The van der Waals surface area contributed by atoms with Gasteiger partial charge in [-0.3, -0.25) is 9.59 Å². The molecule has 31 heavy (non-hydrogen) atoms. The van der Waals surface area contributed by atoms with Crippen LogP contribution in [0, 0.1) is 35.0 Å². The van der Waals surface area contributed by atoms with Gasteiger partial charge < -0.3 is 15.2 Å². The van der Waals surface area contributed by atoms with Crippen LogP contribution in [0.1, 0.15) is 61.3 Å². The van der Waals surface area contributed by atoms with Crippen LogP contribution in [0.5, 0.6) is 0 Å². The highest BCUT2D eigenvalue weighted by molar-refractivity contribution is 7.17. The molecule has 0 saturated heterocycles. The second-order valence-electron chi connectivity index (χ2n) is 10.1. The average molecular weight is 446 g/mol. The molecule has 0 unspecified atom stereocenters. The number of carboxylic acids is 1. The maximum Gasteiger partial charge on any atom is 0.341 e. The van der Waals surface area contributed by atoms with E-state index >= 15 is 0 Å². The Morgan fingerprint density at radius 1 is 1.19 bits per heavy atom. The second-order valence-corrected chi connectivity index (χ2v) is 11.2. The first kappa shape index (κ1) is 22.1. The number of allylic oxidation sites excluding steroid dienone is 2. The van der Waals surface area contributed by atoms with Crippen molar-refractivity contribution in [3.8, 4) is 0 Å². The van der Waals surface area contributed by atoms with E-state index in [2.05, 4.69) is 26.1 Å². The predicted molar refractivity (Wildman–Crippen MR) is 119 cm³/mol. The molecule has 2 N–H and O–H groups in total. The molecule has 5 atom stereocenters. The number of esters is 1. The van der Waals surface area contributed by atoms with Crippen LogP contribution in [0.25, 0.3) is 0 Å². The molecule has 1 saturated carbocycles. The smallest absolute Gasteiger partial charge is 0.341 e. The van der Waals surface area contributed by atoms with Crippen LogP contribution in [0.3, 0.4) is 0 Å². The molecule has 168 valence electrons. The lowest BCUT2D eigenvalue weighted by Crippen LogP contribution is -2.36. The third kappa shape index (κ3) is 3.93. The Kier molecular flexibility index (Phi) is 5.75. The van der Waals surface area contributed by atoms with Gasteiger partial charge in [-0.05, 0) is 61.3 Å². The van der Waals surface area contributed by atoms with Crippen LogP contribution in [0.2, 0.25) is 0 Å². The molecule has 0 aliphatic heterocycles. The number of anilines is 1. The molecule has 3 aliphatic carbocycles. The Bertz CT molecular complexity index is 941. The zero-order valence-electron chi connectivity index (χ0n) is 18.6. The van der Waals surface area contributed by atoms with Crippen molar-refractivity contribution in [3.05, 3.63) is 28.2 Å². The van der Waals surface area contributed by atoms with Crippen molar-refractivity contribution in [1.29, 1.82) is 0 Å². The summed E-state index contributed by atoms with van der Waals surface area (Å²) in [6.07, 6.45) is 7.24. The van der Waals surface area contributed by atoms with Crippen LogP contribution < -0.4 is 5.32 Å². The van der Waals surface area contributed by atoms with Crippen molar-refractivity contribution in [2.24, 2.45) is 35.0 Å². The summed E-state index contributed by atoms with van der Waals surface area (Å²) < 4.78 is 5.31. The minimum Gasteiger partial charge on any atom is -0.481 e. The molecule has 1 aromatic heterocycles. The Hall–Kier alpha value is -2.15. The molecule has 0 radical (unpaired) electrons. The minimum absolute atomic E-state index is 0.0583. The van der Waals surface area contributed by atoms with Crippen LogP contribution in [0.15, 0.2) is 12.2 Å². The number of nitrogens with one attached hydrogen (secondary N) is 1. The summed E-state index contributed by atoms with van der Waals surface area (Å²) in [6, 6.07) is 0. The van der Waals surface area contributed by atoms with Gasteiger partial charge in [0.15, 0.2) is 0 Å². The number of thiophene rings is 1. The third-order valence-corrected chi connectivity index (χ3v) is 8.42. The highest BCUT2D eigenvalue weighted by Crippen LogP contribution is 2.49. The summed E-state index contributed by atoms with van der Waals surface area (Å²) in [5, 5.41) is 13.2. The second kappa shape index (κ2) is 8.08. The monoisotopic (exact) mass is 445 g/mol. The molecule has 1 aromatic rings. The van der Waals surface area contributed by atoms with Crippen molar-refractivity contribution in [1.82, 2.24) is 0 Å². The highest BCUT2D eigenvalue weighted by Gasteiger charge is 2.52. The number of hydrogen-bond donors (Lipinski definition) is 2. The van der Waals surface area contributed by atoms with Crippen LogP contribution in [-0.2, 0) is 27.2 Å². The normalized spacial score (nSPS) is 29.0. The fourth-order valence-corrected chi connectivity index (χ4v) is 6.86. The summed E-state index contributed by atoms with van der Waals surface area (Å²) >= 11 is 1.45. The Balaban J connectivity index is 1.64. The number of amides is 1. The van der Waals surface area contributed by atoms with E-state index in [0.29, 0.717) is 22.9 Å². The molecule has 0 aromatic carbocycles. The molecular formula is C24H31NO5S. The largest absolute Gasteiger partial charge is 0.481 e. The average Bonchev–Trinajstić information content (AvgIpc) is 3.38. The molecule has 0 spiro atoms. The first-order chi connectivity index (χ1) is 14.6. The topological polar surface area (TPSA) is 92.7 Å². The van der Waals surface area contributed by atoms with Gasteiger partial charge in [-0.1, -0.05) is 32.9 Å². The number of hydrogen-bond acceptors (Lipinski definition) is 5. The zero-order valence-corrected chi connectivity index (χ0v) is 19.4. The van der Waals surface area contributed by atoms with Crippen LogP contribution >= 0.6 is 11.3 Å².